The molecule has 200 valence electrons. The van der Waals surface area contributed by atoms with E-state index in [0.29, 0.717) is 23.7 Å². The molecule has 1 fully saturated rings. The molecule has 1 aliphatic heterocycles. The maximum Gasteiger partial charge on any atom is 0.410 e. The average molecular weight is 535 g/mol. The van der Waals surface area contributed by atoms with Crippen LogP contribution in [0, 0.1) is 17.2 Å². The third-order valence-corrected chi connectivity index (χ3v) is 7.00. The number of halogens is 1. The normalized spacial score (nSPS) is 20.3. The van der Waals surface area contributed by atoms with Crippen molar-refractivity contribution in [2.75, 3.05) is 18.5 Å². The van der Waals surface area contributed by atoms with Gasteiger partial charge in [-0.3, -0.25) is 9.89 Å². The number of rotatable bonds is 3. The maximum absolute atomic E-state index is 13.0. The molecule has 0 aromatic heterocycles. The molecule has 4 rings (SSSR count). The fourth-order valence-electron chi connectivity index (χ4n) is 5.07. The fourth-order valence-corrected chi connectivity index (χ4v) is 5.26. The van der Waals surface area contributed by atoms with Crippen molar-refractivity contribution in [1.82, 2.24) is 4.90 Å². The molecule has 1 aliphatic carbocycles. The number of amides is 1. The van der Waals surface area contributed by atoms with E-state index in [1.807, 2.05) is 58.2 Å². The number of nitriles is 1. The minimum atomic E-state index is -0.601. The Labute approximate surface area is 230 Å². The van der Waals surface area contributed by atoms with Crippen LogP contribution in [0.1, 0.15) is 57.6 Å². The van der Waals surface area contributed by atoms with Gasteiger partial charge in [0.15, 0.2) is 0 Å². The molecular formula is C30H35ClN4O3. The van der Waals surface area contributed by atoms with Crippen LogP contribution in [0.25, 0.3) is 0 Å². The number of aliphatic imine (C=N–C) groups is 1. The van der Waals surface area contributed by atoms with Crippen molar-refractivity contribution in [2.24, 2.45) is 10.9 Å². The molecule has 1 saturated carbocycles. The molecule has 0 spiro atoms. The third-order valence-electron chi connectivity index (χ3n) is 6.77. The molecule has 0 radical (unpaired) electrons. The molecule has 0 saturated heterocycles. The predicted octanol–water partition coefficient (Wildman–Crippen LogP) is 6.95. The van der Waals surface area contributed by atoms with E-state index < -0.39 is 5.60 Å². The van der Waals surface area contributed by atoms with Crippen molar-refractivity contribution in [3.8, 4) is 11.8 Å². The van der Waals surface area contributed by atoms with Gasteiger partial charge in [-0.15, -0.1) is 0 Å². The van der Waals surface area contributed by atoms with Crippen LogP contribution in [0.3, 0.4) is 0 Å². The lowest BCUT2D eigenvalue weighted by molar-refractivity contribution is 0.0254. The number of ether oxygens (including phenoxy) is 2. The molecule has 0 N–H and O–H groups in total. The first kappa shape index (κ1) is 27.5. The molecule has 0 atom stereocenters. The van der Waals surface area contributed by atoms with Crippen molar-refractivity contribution in [3.63, 3.8) is 0 Å². The van der Waals surface area contributed by atoms with Crippen LogP contribution in [0.4, 0.5) is 10.5 Å². The number of carbonyl (C=O) groups is 1. The van der Waals surface area contributed by atoms with Crippen LogP contribution in [0.5, 0.6) is 5.75 Å². The molecule has 1 amide bonds. The number of amidine groups is 1. The summed E-state index contributed by atoms with van der Waals surface area (Å²) < 4.78 is 11.9. The van der Waals surface area contributed by atoms with Crippen molar-refractivity contribution in [2.45, 2.75) is 64.7 Å². The van der Waals surface area contributed by atoms with Gasteiger partial charge in [-0.25, -0.2) is 4.79 Å². The van der Waals surface area contributed by atoms with E-state index in [1.54, 1.807) is 17.0 Å². The Balaban J connectivity index is 1.52. The SMILES string of the molecule is C=C1CN(C(=O)OC(C)(C)C)Cc2cc(Cl)ccc2N1C(=NC)C1CCC(Oc2ccc(C#N)cc2)CC1. The van der Waals surface area contributed by atoms with Crippen LogP contribution in [0.2, 0.25) is 5.02 Å². The Morgan fingerprint density at radius 2 is 1.79 bits per heavy atom. The van der Waals surface area contributed by atoms with Gasteiger partial charge in [-0.1, -0.05) is 18.2 Å². The molecule has 38 heavy (non-hydrogen) atoms. The van der Waals surface area contributed by atoms with E-state index in [9.17, 15) is 4.79 Å². The summed E-state index contributed by atoms with van der Waals surface area (Å²) in [5.41, 5.74) is 2.63. The highest BCUT2D eigenvalue weighted by Crippen LogP contribution is 2.37. The summed E-state index contributed by atoms with van der Waals surface area (Å²) in [5.74, 6) is 1.93. The number of carbonyl (C=O) groups excluding carboxylic acids is 1. The highest BCUT2D eigenvalue weighted by molar-refractivity contribution is 6.30. The summed E-state index contributed by atoms with van der Waals surface area (Å²) in [6, 6.07) is 15.1. The second-order valence-corrected chi connectivity index (χ2v) is 11.3. The summed E-state index contributed by atoms with van der Waals surface area (Å²) in [4.78, 5) is 21.5. The Morgan fingerprint density at radius 1 is 1.11 bits per heavy atom. The van der Waals surface area contributed by atoms with Gasteiger partial charge < -0.3 is 14.4 Å². The number of fused-ring (bicyclic) bond motifs is 1. The average Bonchev–Trinajstić information content (AvgIpc) is 3.01. The van der Waals surface area contributed by atoms with Crippen molar-refractivity contribution in [3.05, 3.63) is 70.9 Å². The van der Waals surface area contributed by atoms with Gasteiger partial charge in [0.1, 0.15) is 17.2 Å². The molecular weight excluding hydrogens is 500 g/mol. The number of hydrogen-bond donors (Lipinski definition) is 0. The van der Waals surface area contributed by atoms with Gasteiger partial charge in [0.2, 0.25) is 0 Å². The molecule has 8 heteroatoms. The first-order valence-electron chi connectivity index (χ1n) is 13.0. The first-order chi connectivity index (χ1) is 18.1. The van der Waals surface area contributed by atoms with Gasteiger partial charge in [0.05, 0.1) is 36.5 Å². The van der Waals surface area contributed by atoms with E-state index in [1.165, 1.54) is 0 Å². The van der Waals surface area contributed by atoms with E-state index >= 15 is 0 Å². The summed E-state index contributed by atoms with van der Waals surface area (Å²) in [6.07, 6.45) is 3.33. The Morgan fingerprint density at radius 3 is 2.39 bits per heavy atom. The lowest BCUT2D eigenvalue weighted by Gasteiger charge is -2.36. The first-order valence-corrected chi connectivity index (χ1v) is 13.3. The summed E-state index contributed by atoms with van der Waals surface area (Å²) in [5, 5.41) is 9.62. The minimum Gasteiger partial charge on any atom is -0.490 e. The standard InChI is InChI=1S/C30H35ClN4O3/c1-20-18-34(29(36)38-30(2,3)4)19-23-16-24(31)10-15-27(23)35(20)28(33-5)22-8-13-26(14-9-22)37-25-11-6-21(17-32)7-12-25/h6-7,10-12,15-16,22,26H,1,8-9,13-14,18-19H2,2-5H3. The zero-order chi connectivity index (χ0) is 27.4. The summed E-state index contributed by atoms with van der Waals surface area (Å²) in [7, 11) is 1.81. The zero-order valence-corrected chi connectivity index (χ0v) is 23.3. The highest BCUT2D eigenvalue weighted by atomic mass is 35.5. The second kappa shape index (κ2) is 11.5. The predicted molar refractivity (Wildman–Crippen MR) is 151 cm³/mol. The van der Waals surface area contributed by atoms with E-state index in [0.717, 1.165) is 54.2 Å². The van der Waals surface area contributed by atoms with E-state index in [2.05, 4.69) is 17.5 Å². The number of hydrogen-bond acceptors (Lipinski definition) is 5. The second-order valence-electron chi connectivity index (χ2n) is 10.8. The number of nitrogens with zero attached hydrogens (tertiary/aromatic N) is 4. The quantitative estimate of drug-likeness (QED) is 0.314. The Kier molecular flexibility index (Phi) is 8.32. The maximum atomic E-state index is 13.0. The van der Waals surface area contributed by atoms with E-state index in [4.69, 9.17) is 31.3 Å². The Bertz CT molecular complexity index is 1250. The largest absolute Gasteiger partial charge is 0.490 e. The van der Waals surface area contributed by atoms with Crippen molar-refractivity contribution in [1.29, 1.82) is 5.26 Å². The topological polar surface area (TPSA) is 78.2 Å². The van der Waals surface area contributed by atoms with Gasteiger partial charge in [-0.2, -0.15) is 5.26 Å². The number of benzene rings is 2. The lowest BCUT2D eigenvalue weighted by Crippen LogP contribution is -2.41. The Hall–Kier alpha value is -3.50. The number of anilines is 1. The molecule has 2 aromatic rings. The zero-order valence-electron chi connectivity index (χ0n) is 22.5. The molecule has 0 unspecified atom stereocenters. The third kappa shape index (κ3) is 6.49. The smallest absolute Gasteiger partial charge is 0.410 e. The van der Waals surface area contributed by atoms with Gasteiger partial charge >= 0.3 is 6.09 Å². The van der Waals surface area contributed by atoms with Gasteiger partial charge in [0.25, 0.3) is 0 Å². The van der Waals surface area contributed by atoms with Crippen LogP contribution >= 0.6 is 11.6 Å². The molecule has 2 aromatic carbocycles. The van der Waals surface area contributed by atoms with Crippen LogP contribution in [-0.4, -0.2) is 42.1 Å². The summed E-state index contributed by atoms with van der Waals surface area (Å²) in [6.45, 7) is 10.6. The highest BCUT2D eigenvalue weighted by Gasteiger charge is 2.35. The van der Waals surface area contributed by atoms with Crippen LogP contribution in [0.15, 0.2) is 59.7 Å². The molecule has 1 heterocycles. The molecule has 7 nitrogen and oxygen atoms in total. The lowest BCUT2D eigenvalue weighted by atomic mass is 9.85. The van der Waals surface area contributed by atoms with Gasteiger partial charge in [-0.05, 0) is 94.5 Å². The fraction of sp³-hybridized carbons (Fsp3) is 0.433. The van der Waals surface area contributed by atoms with Crippen molar-refractivity contribution < 1.29 is 14.3 Å². The minimum absolute atomic E-state index is 0.110. The van der Waals surface area contributed by atoms with Crippen molar-refractivity contribution >= 4 is 29.2 Å². The monoisotopic (exact) mass is 534 g/mol. The van der Waals surface area contributed by atoms with E-state index in [-0.39, 0.29) is 18.1 Å². The summed E-state index contributed by atoms with van der Waals surface area (Å²) >= 11 is 6.37. The van der Waals surface area contributed by atoms with Crippen LogP contribution < -0.4 is 9.64 Å². The van der Waals surface area contributed by atoms with Gasteiger partial charge in [0, 0.05) is 23.7 Å². The molecule has 0 bridgehead atoms. The molecule has 2 aliphatic rings. The van der Waals surface area contributed by atoms with Crippen LogP contribution in [-0.2, 0) is 11.3 Å².